The van der Waals surface area contributed by atoms with Crippen LogP contribution in [0.2, 0.25) is 0 Å². The Bertz CT molecular complexity index is 713. The van der Waals surface area contributed by atoms with Crippen molar-refractivity contribution in [2.75, 3.05) is 11.9 Å². The van der Waals surface area contributed by atoms with Crippen LogP contribution in [-0.4, -0.2) is 17.4 Å². The molecule has 0 fully saturated rings. The maximum absolute atomic E-state index is 12.2. The minimum atomic E-state index is -0.585. The second-order valence-electron chi connectivity index (χ2n) is 4.36. The number of nitrogens with zero attached hydrogens (tertiary/aromatic N) is 1. The van der Waals surface area contributed by atoms with Crippen molar-refractivity contribution in [3.05, 3.63) is 76.9 Å². The Morgan fingerprint density at radius 3 is 2.77 bits per heavy atom. The summed E-state index contributed by atoms with van der Waals surface area (Å²) in [6.07, 6.45) is 1.61. The lowest BCUT2D eigenvalue weighted by atomic mass is 10.1. The predicted molar refractivity (Wildman–Crippen MR) is 83.2 cm³/mol. The highest BCUT2D eigenvalue weighted by Gasteiger charge is 2.19. The minimum Gasteiger partial charge on any atom is -0.489 e. The molecule has 0 bridgehead atoms. The van der Waals surface area contributed by atoms with Crippen molar-refractivity contribution < 1.29 is 14.5 Å². The summed E-state index contributed by atoms with van der Waals surface area (Å²) < 4.78 is 5.37. The van der Waals surface area contributed by atoms with Gasteiger partial charge in [0, 0.05) is 17.8 Å². The molecule has 6 nitrogen and oxygen atoms in total. The molecule has 0 saturated carbocycles. The Balaban J connectivity index is 2.19. The molecule has 0 aliphatic rings. The summed E-state index contributed by atoms with van der Waals surface area (Å²) in [7, 11) is 0. The molecule has 1 amide bonds. The molecule has 0 spiro atoms. The fourth-order valence-electron chi connectivity index (χ4n) is 1.84. The van der Waals surface area contributed by atoms with Gasteiger partial charge in [-0.05, 0) is 18.2 Å². The van der Waals surface area contributed by atoms with Crippen LogP contribution in [0.3, 0.4) is 0 Å². The third kappa shape index (κ3) is 3.69. The first kappa shape index (κ1) is 15.2. The van der Waals surface area contributed by atoms with Crippen molar-refractivity contribution in [3.63, 3.8) is 0 Å². The van der Waals surface area contributed by atoms with Crippen LogP contribution >= 0.6 is 0 Å². The Hall–Kier alpha value is -3.15. The predicted octanol–water partition coefficient (Wildman–Crippen LogP) is 3.41. The Morgan fingerprint density at radius 1 is 1.27 bits per heavy atom. The number of hydrogen-bond acceptors (Lipinski definition) is 4. The van der Waals surface area contributed by atoms with Crippen LogP contribution in [-0.2, 0) is 0 Å². The molecular formula is C16H14N2O4. The molecule has 0 radical (unpaired) electrons. The molecule has 0 heterocycles. The maximum Gasteiger partial charge on any atom is 0.282 e. The van der Waals surface area contributed by atoms with E-state index in [1.165, 1.54) is 18.2 Å². The molecule has 1 N–H and O–H groups in total. The van der Waals surface area contributed by atoms with E-state index in [1.807, 2.05) is 0 Å². The Morgan fingerprint density at radius 2 is 2.05 bits per heavy atom. The number of carbonyl (C=O) groups excluding carboxylic acids is 1. The average Bonchev–Trinajstić information content (AvgIpc) is 2.53. The first-order chi connectivity index (χ1) is 10.6. The second-order valence-corrected chi connectivity index (χ2v) is 4.36. The highest BCUT2D eigenvalue weighted by Crippen LogP contribution is 2.21. The third-order valence-corrected chi connectivity index (χ3v) is 2.81. The van der Waals surface area contributed by atoms with Gasteiger partial charge in [0.1, 0.15) is 17.9 Å². The van der Waals surface area contributed by atoms with Crippen molar-refractivity contribution in [2.24, 2.45) is 0 Å². The van der Waals surface area contributed by atoms with Crippen molar-refractivity contribution in [1.29, 1.82) is 0 Å². The SMILES string of the molecule is C=CCOc1cccc(NC(=O)c2ccccc2[N+](=O)[O-])c1. The molecule has 0 unspecified atom stereocenters. The standard InChI is InChI=1S/C16H14N2O4/c1-2-10-22-13-7-5-6-12(11-13)17-16(19)14-8-3-4-9-15(14)18(20)21/h2-9,11H,1,10H2,(H,17,19). The molecule has 22 heavy (non-hydrogen) atoms. The molecule has 6 heteroatoms. The summed E-state index contributed by atoms with van der Waals surface area (Å²) in [4.78, 5) is 22.6. The topological polar surface area (TPSA) is 81.5 Å². The van der Waals surface area contributed by atoms with Gasteiger partial charge in [0.15, 0.2) is 0 Å². The van der Waals surface area contributed by atoms with Crippen molar-refractivity contribution >= 4 is 17.3 Å². The van der Waals surface area contributed by atoms with Crippen LogP contribution in [0.25, 0.3) is 0 Å². The summed E-state index contributed by atoms with van der Waals surface area (Å²) in [5, 5.41) is 13.6. The molecule has 0 aromatic heterocycles. The highest BCUT2D eigenvalue weighted by atomic mass is 16.6. The second kappa shape index (κ2) is 7.03. The summed E-state index contributed by atoms with van der Waals surface area (Å²) in [6.45, 7) is 3.90. The number of amides is 1. The molecular weight excluding hydrogens is 284 g/mol. The third-order valence-electron chi connectivity index (χ3n) is 2.81. The van der Waals surface area contributed by atoms with E-state index in [9.17, 15) is 14.9 Å². The first-order valence-electron chi connectivity index (χ1n) is 6.50. The van der Waals surface area contributed by atoms with Gasteiger partial charge < -0.3 is 10.1 Å². The minimum absolute atomic E-state index is 0.00455. The van der Waals surface area contributed by atoms with Crippen LogP contribution in [0.1, 0.15) is 10.4 Å². The van der Waals surface area contributed by atoms with Gasteiger partial charge in [0.2, 0.25) is 0 Å². The van der Waals surface area contributed by atoms with Gasteiger partial charge in [-0.15, -0.1) is 0 Å². The van der Waals surface area contributed by atoms with Crippen LogP contribution in [0.5, 0.6) is 5.75 Å². The van der Waals surface area contributed by atoms with E-state index in [4.69, 9.17) is 4.74 Å². The largest absolute Gasteiger partial charge is 0.489 e. The summed E-state index contributed by atoms with van der Waals surface area (Å²) in [5.74, 6) is 0.0217. The fourth-order valence-corrected chi connectivity index (χ4v) is 1.84. The lowest BCUT2D eigenvalue weighted by molar-refractivity contribution is -0.385. The van der Waals surface area contributed by atoms with Crippen molar-refractivity contribution in [2.45, 2.75) is 0 Å². The van der Waals surface area contributed by atoms with E-state index in [1.54, 1.807) is 36.4 Å². The molecule has 112 valence electrons. The molecule has 0 atom stereocenters. The van der Waals surface area contributed by atoms with E-state index in [0.717, 1.165) is 0 Å². The number of carbonyl (C=O) groups is 1. The van der Waals surface area contributed by atoms with Gasteiger partial charge in [0.25, 0.3) is 11.6 Å². The molecule has 0 aliphatic carbocycles. The quantitative estimate of drug-likeness (QED) is 0.503. The number of ether oxygens (including phenoxy) is 1. The molecule has 0 saturated heterocycles. The van der Waals surface area contributed by atoms with Crippen LogP contribution in [0.15, 0.2) is 61.2 Å². The number of para-hydroxylation sites is 1. The number of nitrogens with one attached hydrogen (secondary N) is 1. The van der Waals surface area contributed by atoms with E-state index in [0.29, 0.717) is 18.0 Å². The number of nitro benzene ring substituents is 1. The summed E-state index contributed by atoms with van der Waals surface area (Å²) in [5.41, 5.74) is 0.258. The zero-order valence-corrected chi connectivity index (χ0v) is 11.7. The number of rotatable bonds is 6. The number of nitro groups is 1. The van der Waals surface area contributed by atoms with Crippen LogP contribution in [0.4, 0.5) is 11.4 Å². The zero-order valence-electron chi connectivity index (χ0n) is 11.7. The zero-order chi connectivity index (χ0) is 15.9. The lowest BCUT2D eigenvalue weighted by Crippen LogP contribution is -2.13. The van der Waals surface area contributed by atoms with Crippen LogP contribution in [0, 0.1) is 10.1 Å². The normalized spacial score (nSPS) is 9.82. The van der Waals surface area contributed by atoms with Crippen LogP contribution < -0.4 is 10.1 Å². The lowest BCUT2D eigenvalue weighted by Gasteiger charge is -2.08. The first-order valence-corrected chi connectivity index (χ1v) is 6.50. The average molecular weight is 298 g/mol. The smallest absolute Gasteiger partial charge is 0.282 e. The number of benzene rings is 2. The Labute approximate surface area is 127 Å². The van der Waals surface area contributed by atoms with Gasteiger partial charge in [-0.2, -0.15) is 0 Å². The summed E-state index contributed by atoms with van der Waals surface area (Å²) in [6, 6.07) is 12.6. The molecule has 2 rings (SSSR count). The van der Waals surface area contributed by atoms with E-state index in [-0.39, 0.29) is 11.3 Å². The van der Waals surface area contributed by atoms with Gasteiger partial charge in [-0.1, -0.05) is 30.9 Å². The molecule has 2 aromatic carbocycles. The monoisotopic (exact) mass is 298 g/mol. The maximum atomic E-state index is 12.2. The van der Waals surface area contributed by atoms with Crippen molar-refractivity contribution in [1.82, 2.24) is 0 Å². The van der Waals surface area contributed by atoms with Gasteiger partial charge in [-0.25, -0.2) is 0 Å². The highest BCUT2D eigenvalue weighted by molar-refractivity contribution is 6.07. The van der Waals surface area contributed by atoms with Gasteiger partial charge in [0.05, 0.1) is 4.92 Å². The van der Waals surface area contributed by atoms with Gasteiger partial charge >= 0.3 is 0 Å². The Kier molecular flexibility index (Phi) is 4.87. The van der Waals surface area contributed by atoms with Crippen molar-refractivity contribution in [3.8, 4) is 5.75 Å². The number of anilines is 1. The van der Waals surface area contributed by atoms with Gasteiger partial charge in [-0.3, -0.25) is 14.9 Å². The molecule has 2 aromatic rings. The van der Waals surface area contributed by atoms with E-state index < -0.39 is 10.8 Å². The summed E-state index contributed by atoms with van der Waals surface area (Å²) >= 11 is 0. The van der Waals surface area contributed by atoms with E-state index >= 15 is 0 Å². The van der Waals surface area contributed by atoms with E-state index in [2.05, 4.69) is 11.9 Å². The fraction of sp³-hybridized carbons (Fsp3) is 0.0625. The number of hydrogen-bond donors (Lipinski definition) is 1. The molecule has 0 aliphatic heterocycles.